The van der Waals surface area contributed by atoms with Crippen molar-refractivity contribution in [1.82, 2.24) is 24.1 Å². The summed E-state index contributed by atoms with van der Waals surface area (Å²) in [6.07, 6.45) is 7.81. The van der Waals surface area contributed by atoms with Crippen molar-refractivity contribution >= 4 is 126 Å². The second-order valence-electron chi connectivity index (χ2n) is 16.7. The Morgan fingerprint density at radius 2 is 0.938 bits per heavy atom. The lowest BCUT2D eigenvalue weighted by molar-refractivity contribution is 0.670. The number of furan rings is 1. The van der Waals surface area contributed by atoms with Gasteiger partial charge >= 0.3 is 0 Å². The number of pyridine rings is 3. The molecule has 0 spiro atoms. The van der Waals surface area contributed by atoms with Gasteiger partial charge in [-0.15, -0.1) is 11.3 Å². The van der Waals surface area contributed by atoms with Gasteiger partial charge in [0.15, 0.2) is 5.58 Å². The van der Waals surface area contributed by atoms with Crippen LogP contribution in [0.2, 0.25) is 0 Å². The Balaban J connectivity index is 1.04. The highest BCUT2D eigenvalue weighted by atomic mass is 32.1. The van der Waals surface area contributed by atoms with Crippen LogP contribution in [0.3, 0.4) is 0 Å². The molecule has 8 heteroatoms. The van der Waals surface area contributed by atoms with Crippen molar-refractivity contribution < 1.29 is 4.42 Å². The molecule has 0 bridgehead atoms. The number of hydrogen-bond donors (Lipinski definition) is 0. The highest BCUT2D eigenvalue weighted by Crippen LogP contribution is 2.39. The summed E-state index contributed by atoms with van der Waals surface area (Å²) in [6, 6.07) is 67.7. The molecule has 0 unspecified atom stereocenters. The average Bonchev–Trinajstić information content (AvgIpc) is 4.13. The van der Waals surface area contributed by atoms with Gasteiger partial charge < -0.3 is 13.6 Å². The van der Waals surface area contributed by atoms with E-state index in [4.69, 9.17) is 14.4 Å². The number of para-hydroxylation sites is 3. The first-order valence-corrected chi connectivity index (χ1v) is 24.6. The second-order valence-corrected chi connectivity index (χ2v) is 21.4. The van der Waals surface area contributed by atoms with Gasteiger partial charge in [0.05, 0.1) is 43.6 Å². The molecular formula is C57H35N5OSSi. The second kappa shape index (κ2) is 13.9. The third-order valence-electron chi connectivity index (χ3n) is 13.4. The summed E-state index contributed by atoms with van der Waals surface area (Å²) < 4.78 is 14.2. The van der Waals surface area contributed by atoms with Crippen molar-refractivity contribution in [2.45, 2.75) is 0 Å². The average molecular weight is 866 g/mol. The Morgan fingerprint density at radius 1 is 0.415 bits per heavy atom. The molecule has 6 nitrogen and oxygen atoms in total. The number of rotatable bonds is 6. The molecule has 0 fully saturated rings. The smallest absolute Gasteiger partial charge is 0.230 e. The predicted molar refractivity (Wildman–Crippen MR) is 272 cm³/mol. The third-order valence-corrected chi connectivity index (χ3v) is 19.4. The van der Waals surface area contributed by atoms with E-state index in [-0.39, 0.29) is 0 Å². The molecule has 0 saturated heterocycles. The summed E-state index contributed by atoms with van der Waals surface area (Å²) in [4.78, 5) is 15.5. The summed E-state index contributed by atoms with van der Waals surface area (Å²) >= 11 is 1.82. The molecule has 65 heavy (non-hydrogen) atoms. The number of hydrogen-bond acceptors (Lipinski definition) is 5. The van der Waals surface area contributed by atoms with E-state index >= 15 is 0 Å². The zero-order valence-corrected chi connectivity index (χ0v) is 36.6. The van der Waals surface area contributed by atoms with Crippen molar-refractivity contribution in [3.05, 3.63) is 213 Å². The fourth-order valence-electron chi connectivity index (χ4n) is 10.7. The zero-order chi connectivity index (χ0) is 42.6. The van der Waals surface area contributed by atoms with Crippen LogP contribution in [0.25, 0.3) is 97.1 Å². The highest BCUT2D eigenvalue weighted by Gasteiger charge is 2.48. The predicted octanol–water partition coefficient (Wildman–Crippen LogP) is 11.7. The zero-order valence-electron chi connectivity index (χ0n) is 34.8. The first-order valence-electron chi connectivity index (χ1n) is 21.8. The molecule has 0 amide bonds. The lowest BCUT2D eigenvalue weighted by atomic mass is 10.1. The van der Waals surface area contributed by atoms with Crippen LogP contribution < -0.4 is 21.0 Å². The molecule has 0 saturated carbocycles. The van der Waals surface area contributed by atoms with E-state index in [1.54, 1.807) is 0 Å². The molecule has 14 aromatic rings. The molecule has 0 N–H and O–H groups in total. The van der Waals surface area contributed by atoms with Gasteiger partial charge in [0.1, 0.15) is 5.58 Å². The maximum absolute atomic E-state index is 7.12. The first-order chi connectivity index (χ1) is 32.3. The molecule has 7 aromatic carbocycles. The van der Waals surface area contributed by atoms with Crippen LogP contribution in [0.5, 0.6) is 0 Å². The number of aromatic nitrogens is 5. The lowest BCUT2D eigenvalue weighted by Crippen LogP contribution is -2.76. The lowest BCUT2D eigenvalue weighted by Gasteiger charge is -2.32. The Bertz CT molecular complexity index is 3830. The summed E-state index contributed by atoms with van der Waals surface area (Å²) in [5.41, 5.74) is 8.36. The molecule has 0 aliphatic rings. The summed E-state index contributed by atoms with van der Waals surface area (Å²) in [5.74, 6) is 0. The highest BCUT2D eigenvalue weighted by molar-refractivity contribution is 7.30. The molecule has 0 aliphatic carbocycles. The van der Waals surface area contributed by atoms with E-state index in [0.29, 0.717) is 0 Å². The van der Waals surface area contributed by atoms with Crippen molar-refractivity contribution in [2.24, 2.45) is 0 Å². The van der Waals surface area contributed by atoms with E-state index in [1.807, 2.05) is 36.1 Å². The van der Waals surface area contributed by atoms with E-state index in [9.17, 15) is 0 Å². The van der Waals surface area contributed by atoms with Gasteiger partial charge in [0.25, 0.3) is 0 Å². The molecule has 0 atom stereocenters. The van der Waals surface area contributed by atoms with Crippen molar-refractivity contribution in [3.63, 3.8) is 0 Å². The number of fused-ring (bicyclic) bond motifs is 12. The van der Waals surface area contributed by atoms with Gasteiger partial charge in [0.2, 0.25) is 8.07 Å². The SMILES string of the molecule is c1ccc([Si](c2ccccc2)(c2nccc3c2oc2ccc(-n4c5ccccc5c5ccncc54)cc23)c2nccc3c2sc2ccc(-n4c5ccccc5c5ccccc54)cc23)cc1. The maximum Gasteiger partial charge on any atom is 0.230 e. The molecule has 7 aromatic heterocycles. The van der Waals surface area contributed by atoms with Crippen LogP contribution in [0.4, 0.5) is 0 Å². The van der Waals surface area contributed by atoms with Crippen molar-refractivity contribution in [1.29, 1.82) is 0 Å². The minimum atomic E-state index is -3.36. The molecule has 0 radical (unpaired) electrons. The van der Waals surface area contributed by atoms with E-state index < -0.39 is 8.07 Å². The Morgan fingerprint density at radius 3 is 1.60 bits per heavy atom. The standard InChI is InChI=1S/C57H35N5OSSi/c1-3-13-38(14-4-1)65(39-15-5-2-6-16-39,56-54-44(28-31-59-56)46-33-36(23-25-52(46)63-54)62-50-22-12-9-19-42(50)43-27-30-58-35-51(43)62)57-55-45(29-32-60-57)47-34-37(24-26-53(47)64-55)61-48-20-10-7-17-40(48)41-18-8-11-21-49(41)61/h1-35H. The van der Waals surface area contributed by atoms with Crippen LogP contribution >= 0.6 is 11.3 Å². The van der Waals surface area contributed by atoms with Crippen molar-refractivity contribution in [3.8, 4) is 11.4 Å². The van der Waals surface area contributed by atoms with Crippen LogP contribution in [0, 0.1) is 0 Å². The molecule has 304 valence electrons. The fraction of sp³-hybridized carbons (Fsp3) is 0. The topological polar surface area (TPSA) is 61.7 Å². The van der Waals surface area contributed by atoms with Crippen LogP contribution in [-0.4, -0.2) is 32.2 Å². The molecular weight excluding hydrogens is 831 g/mol. The van der Waals surface area contributed by atoms with Gasteiger partial charge in [-0.25, -0.2) is 0 Å². The minimum Gasteiger partial charge on any atom is -0.455 e. The van der Waals surface area contributed by atoms with Crippen LogP contribution in [0.15, 0.2) is 217 Å². The van der Waals surface area contributed by atoms with E-state index in [1.165, 1.54) is 63.1 Å². The summed E-state index contributed by atoms with van der Waals surface area (Å²) in [7, 11) is -3.36. The fourth-order valence-corrected chi connectivity index (χ4v) is 17.0. The van der Waals surface area contributed by atoms with Gasteiger partial charge in [0, 0.05) is 77.8 Å². The van der Waals surface area contributed by atoms with Gasteiger partial charge in [-0.2, -0.15) is 0 Å². The largest absolute Gasteiger partial charge is 0.455 e. The normalized spacial score (nSPS) is 12.3. The minimum absolute atomic E-state index is 0.788. The number of benzene rings is 7. The van der Waals surface area contributed by atoms with Gasteiger partial charge in [-0.05, 0) is 83.2 Å². The molecule has 14 rings (SSSR count). The number of nitrogens with zero attached hydrogens (tertiary/aromatic N) is 5. The summed E-state index contributed by atoms with van der Waals surface area (Å²) in [6.45, 7) is 0. The summed E-state index contributed by atoms with van der Waals surface area (Å²) in [5, 5.41) is 13.7. The molecule has 7 heterocycles. The van der Waals surface area contributed by atoms with E-state index in [2.05, 4.69) is 202 Å². The quantitative estimate of drug-likeness (QED) is 0.156. The van der Waals surface area contributed by atoms with Crippen LogP contribution in [-0.2, 0) is 0 Å². The Kier molecular flexibility index (Phi) is 7.77. The Hall–Kier alpha value is -8.17. The number of thiophene rings is 1. The molecule has 0 aliphatic heterocycles. The maximum atomic E-state index is 7.12. The van der Waals surface area contributed by atoms with Gasteiger partial charge in [-0.3, -0.25) is 15.0 Å². The van der Waals surface area contributed by atoms with Crippen molar-refractivity contribution in [2.75, 3.05) is 0 Å². The monoisotopic (exact) mass is 865 g/mol. The van der Waals surface area contributed by atoms with Crippen LogP contribution in [0.1, 0.15) is 0 Å². The first kappa shape index (κ1) is 36.3. The van der Waals surface area contributed by atoms with Gasteiger partial charge in [-0.1, -0.05) is 115 Å². The van der Waals surface area contributed by atoms with E-state index in [0.717, 1.165) is 55.0 Å². The third kappa shape index (κ3) is 5.12. The Labute approximate surface area is 376 Å².